The van der Waals surface area contributed by atoms with Gasteiger partial charge in [0.2, 0.25) is 5.91 Å². The first-order chi connectivity index (χ1) is 11.5. The second kappa shape index (κ2) is 6.49. The molecular weight excluding hydrogens is 326 g/mol. The Labute approximate surface area is 145 Å². The number of rotatable bonds is 3. The number of halogens is 1. The third kappa shape index (κ3) is 2.69. The molecule has 2 amide bonds. The van der Waals surface area contributed by atoms with Gasteiger partial charge in [-0.15, -0.1) is 0 Å². The van der Waals surface area contributed by atoms with E-state index >= 15 is 0 Å². The number of hydrogen-bond donors (Lipinski definition) is 0. The number of ether oxygens (including phenoxy) is 1. The molecule has 2 aromatic rings. The molecular formula is C19H16ClNO3. The van der Waals surface area contributed by atoms with E-state index in [1.165, 1.54) is 6.92 Å². The third-order valence-corrected chi connectivity index (χ3v) is 3.99. The van der Waals surface area contributed by atoms with Gasteiger partial charge in [-0.1, -0.05) is 48.0 Å². The summed E-state index contributed by atoms with van der Waals surface area (Å²) in [4.78, 5) is 26.1. The van der Waals surface area contributed by atoms with Crippen molar-refractivity contribution in [1.29, 1.82) is 0 Å². The van der Waals surface area contributed by atoms with Crippen LogP contribution in [0.2, 0.25) is 5.02 Å². The maximum atomic E-state index is 12.9. The summed E-state index contributed by atoms with van der Waals surface area (Å²) in [5.74, 6) is -0.287. The van der Waals surface area contributed by atoms with E-state index in [0.29, 0.717) is 34.2 Å². The summed E-state index contributed by atoms with van der Waals surface area (Å²) in [5.41, 5.74) is 2.30. The van der Waals surface area contributed by atoms with Gasteiger partial charge in [-0.2, -0.15) is 0 Å². The molecule has 0 aromatic heterocycles. The average molecular weight is 342 g/mol. The highest BCUT2D eigenvalue weighted by Crippen LogP contribution is 2.42. The van der Waals surface area contributed by atoms with Crippen molar-refractivity contribution < 1.29 is 14.3 Å². The van der Waals surface area contributed by atoms with Crippen LogP contribution in [0.3, 0.4) is 0 Å². The smallest absolute Gasteiger partial charge is 0.269 e. The molecule has 0 bridgehead atoms. The van der Waals surface area contributed by atoms with E-state index in [2.05, 4.69) is 0 Å². The lowest BCUT2D eigenvalue weighted by atomic mass is 10.0. The van der Waals surface area contributed by atoms with Crippen LogP contribution in [0.4, 0.5) is 5.69 Å². The maximum Gasteiger partial charge on any atom is 0.269 e. The first-order valence-electron chi connectivity index (χ1n) is 7.62. The van der Waals surface area contributed by atoms with Crippen LogP contribution >= 0.6 is 11.6 Å². The van der Waals surface area contributed by atoms with Crippen molar-refractivity contribution in [2.24, 2.45) is 0 Å². The van der Waals surface area contributed by atoms with Gasteiger partial charge >= 0.3 is 0 Å². The topological polar surface area (TPSA) is 46.6 Å². The van der Waals surface area contributed by atoms with Gasteiger partial charge in [-0.3, -0.25) is 9.59 Å². The molecule has 0 fully saturated rings. The summed E-state index contributed by atoms with van der Waals surface area (Å²) in [6.45, 7) is 3.62. The quantitative estimate of drug-likeness (QED) is 0.622. The van der Waals surface area contributed by atoms with E-state index in [1.807, 2.05) is 37.3 Å². The molecule has 0 saturated heterocycles. The highest BCUT2D eigenvalue weighted by molar-refractivity contribution is 6.43. The minimum absolute atomic E-state index is 0.359. The van der Waals surface area contributed by atoms with Crippen LogP contribution in [0, 0.1) is 0 Å². The van der Waals surface area contributed by atoms with Crippen LogP contribution in [0.5, 0.6) is 0 Å². The van der Waals surface area contributed by atoms with Crippen molar-refractivity contribution in [3.05, 3.63) is 64.7 Å². The number of imide groups is 1. The van der Waals surface area contributed by atoms with Gasteiger partial charge in [0.15, 0.2) is 0 Å². The Morgan fingerprint density at radius 1 is 1.17 bits per heavy atom. The number of carbonyl (C=O) groups is 2. The first kappa shape index (κ1) is 16.3. The van der Waals surface area contributed by atoms with Gasteiger partial charge in [0.25, 0.3) is 5.91 Å². The lowest BCUT2D eigenvalue weighted by Gasteiger charge is -2.13. The van der Waals surface area contributed by atoms with E-state index < -0.39 is 5.91 Å². The number of carbonyl (C=O) groups excluding carboxylic acids is 2. The predicted octanol–water partition coefficient (Wildman–Crippen LogP) is 4.14. The molecule has 5 heteroatoms. The summed E-state index contributed by atoms with van der Waals surface area (Å²) in [6, 6.07) is 14.5. The minimum atomic E-state index is -0.396. The lowest BCUT2D eigenvalue weighted by molar-refractivity contribution is -0.122. The molecule has 4 nitrogen and oxygen atoms in total. The van der Waals surface area contributed by atoms with Crippen LogP contribution < -0.4 is 4.90 Å². The summed E-state index contributed by atoms with van der Waals surface area (Å²) < 4.78 is 5.79. The molecule has 0 unspecified atom stereocenters. The molecule has 1 heterocycles. The zero-order valence-electron chi connectivity index (χ0n) is 13.4. The van der Waals surface area contributed by atoms with E-state index in [4.69, 9.17) is 16.3 Å². The van der Waals surface area contributed by atoms with Gasteiger partial charge < -0.3 is 4.74 Å². The number of hydrogen-bond acceptors (Lipinski definition) is 3. The Balaban J connectivity index is 2.29. The summed E-state index contributed by atoms with van der Waals surface area (Å²) in [7, 11) is 0. The predicted molar refractivity (Wildman–Crippen MR) is 94.5 cm³/mol. The zero-order chi connectivity index (χ0) is 17.3. The van der Waals surface area contributed by atoms with E-state index in [-0.39, 0.29) is 5.91 Å². The van der Waals surface area contributed by atoms with Gasteiger partial charge in [-0.25, -0.2) is 4.90 Å². The fourth-order valence-electron chi connectivity index (χ4n) is 2.80. The fraction of sp³-hybridized carbons (Fsp3) is 0.158. The van der Waals surface area contributed by atoms with Crippen molar-refractivity contribution in [3.63, 3.8) is 0 Å². The molecule has 122 valence electrons. The molecule has 0 saturated carbocycles. The van der Waals surface area contributed by atoms with E-state index in [0.717, 1.165) is 10.5 Å². The van der Waals surface area contributed by atoms with Gasteiger partial charge in [0.05, 0.1) is 17.9 Å². The molecule has 0 spiro atoms. The average Bonchev–Trinajstić information content (AvgIpc) is 2.84. The molecule has 2 aromatic carbocycles. The largest absolute Gasteiger partial charge is 0.492 e. The van der Waals surface area contributed by atoms with E-state index in [1.54, 1.807) is 18.2 Å². The molecule has 1 aliphatic heterocycles. The van der Waals surface area contributed by atoms with Crippen molar-refractivity contribution in [2.75, 3.05) is 11.5 Å². The standard InChI is InChI=1S/C19H16ClNO3/c1-3-24-18(13-7-5-4-6-8-13)17-15-10-9-14(20)11-16(15)21(12(2)22)19(17)23/h4-11H,3H2,1-2H3. The molecule has 0 aliphatic carbocycles. The van der Waals surface area contributed by atoms with Crippen LogP contribution in [0.15, 0.2) is 48.5 Å². The van der Waals surface area contributed by atoms with Crippen molar-refractivity contribution in [1.82, 2.24) is 0 Å². The normalized spacial score (nSPS) is 15.3. The fourth-order valence-corrected chi connectivity index (χ4v) is 2.97. The summed E-state index contributed by atoms with van der Waals surface area (Å²) in [5, 5.41) is 0.465. The van der Waals surface area contributed by atoms with Crippen LogP contribution in [0.1, 0.15) is 25.0 Å². The van der Waals surface area contributed by atoms with Crippen LogP contribution in [0.25, 0.3) is 11.3 Å². The van der Waals surface area contributed by atoms with Gasteiger partial charge in [0.1, 0.15) is 5.76 Å². The molecule has 0 N–H and O–H groups in total. The van der Waals surface area contributed by atoms with Crippen molar-refractivity contribution >= 4 is 40.4 Å². The number of nitrogens with zero attached hydrogens (tertiary/aromatic N) is 1. The van der Waals surface area contributed by atoms with Crippen LogP contribution in [-0.4, -0.2) is 18.4 Å². The summed E-state index contributed by atoms with van der Waals surface area (Å²) >= 11 is 6.05. The molecule has 0 radical (unpaired) electrons. The third-order valence-electron chi connectivity index (χ3n) is 3.75. The highest BCUT2D eigenvalue weighted by atomic mass is 35.5. The molecule has 0 atom stereocenters. The maximum absolute atomic E-state index is 12.9. The van der Waals surface area contributed by atoms with Crippen LogP contribution in [-0.2, 0) is 14.3 Å². The SMILES string of the molecule is CCOC(=C1C(=O)N(C(C)=O)c2cc(Cl)ccc21)c1ccccc1. The Morgan fingerprint density at radius 2 is 1.88 bits per heavy atom. The minimum Gasteiger partial charge on any atom is -0.492 e. The van der Waals surface area contributed by atoms with Gasteiger partial charge in [0, 0.05) is 23.1 Å². The zero-order valence-corrected chi connectivity index (χ0v) is 14.1. The number of amides is 2. The number of benzene rings is 2. The second-order valence-electron chi connectivity index (χ2n) is 5.32. The second-order valence-corrected chi connectivity index (χ2v) is 5.76. The Kier molecular flexibility index (Phi) is 4.40. The molecule has 1 aliphatic rings. The first-order valence-corrected chi connectivity index (χ1v) is 7.99. The number of fused-ring (bicyclic) bond motifs is 1. The van der Waals surface area contributed by atoms with Crippen molar-refractivity contribution in [2.45, 2.75) is 13.8 Å². The molecule has 3 rings (SSSR count). The lowest BCUT2D eigenvalue weighted by Crippen LogP contribution is -2.31. The summed E-state index contributed by atoms with van der Waals surface area (Å²) in [6.07, 6.45) is 0. The monoisotopic (exact) mass is 341 g/mol. The molecule has 24 heavy (non-hydrogen) atoms. The van der Waals surface area contributed by atoms with Gasteiger partial charge in [-0.05, 0) is 19.1 Å². The Hall–Kier alpha value is -2.59. The Morgan fingerprint density at radius 3 is 2.50 bits per heavy atom. The van der Waals surface area contributed by atoms with Crippen molar-refractivity contribution in [3.8, 4) is 0 Å². The highest BCUT2D eigenvalue weighted by Gasteiger charge is 2.38. The number of anilines is 1. The van der Waals surface area contributed by atoms with E-state index in [9.17, 15) is 9.59 Å². The Bertz CT molecular complexity index is 843.